The van der Waals surface area contributed by atoms with Crippen molar-refractivity contribution in [3.05, 3.63) is 35.4 Å². The van der Waals surface area contributed by atoms with Crippen LogP contribution in [0.25, 0.3) is 0 Å². The van der Waals surface area contributed by atoms with Gasteiger partial charge in [0.2, 0.25) is 0 Å². The number of alkyl halides is 2. The summed E-state index contributed by atoms with van der Waals surface area (Å²) in [4.78, 5) is 12.0. The van der Waals surface area contributed by atoms with Crippen LogP contribution in [0, 0.1) is 11.6 Å². The van der Waals surface area contributed by atoms with Crippen molar-refractivity contribution in [3.63, 3.8) is 0 Å². The molecule has 1 aromatic rings. The first-order valence-corrected chi connectivity index (χ1v) is 11.5. The SMILES string of the molecule is CCOC(=O)I1[C@@H]2[C@@H](O)[C@@H]3OC(c4ccc(F)cc4F)OC[C@H]3O[C@@H]21. The van der Waals surface area contributed by atoms with E-state index in [9.17, 15) is 18.7 Å². The van der Waals surface area contributed by atoms with Gasteiger partial charge in [0.05, 0.1) is 0 Å². The van der Waals surface area contributed by atoms with Gasteiger partial charge in [-0.15, -0.1) is 0 Å². The van der Waals surface area contributed by atoms with E-state index in [1.54, 1.807) is 6.92 Å². The van der Waals surface area contributed by atoms with Gasteiger partial charge in [-0.1, -0.05) is 0 Å². The molecular weight excluding hydrogens is 453 g/mol. The van der Waals surface area contributed by atoms with E-state index in [-0.39, 0.29) is 24.2 Å². The van der Waals surface area contributed by atoms with E-state index in [2.05, 4.69) is 0 Å². The number of carbonyl (C=O) groups excluding carboxylic acids is 1. The third-order valence-corrected chi connectivity index (χ3v) is 10.2. The Morgan fingerprint density at radius 1 is 1.40 bits per heavy atom. The second kappa shape index (κ2) is 6.69. The second-order valence-corrected chi connectivity index (χ2v) is 11.4. The molecule has 25 heavy (non-hydrogen) atoms. The zero-order valence-electron chi connectivity index (χ0n) is 13.2. The van der Waals surface area contributed by atoms with Crippen molar-refractivity contribution in [2.75, 3.05) is 13.2 Å². The van der Waals surface area contributed by atoms with E-state index in [0.717, 1.165) is 12.1 Å². The van der Waals surface area contributed by atoms with Crippen LogP contribution in [0.5, 0.6) is 0 Å². The Balaban J connectivity index is 1.49. The van der Waals surface area contributed by atoms with Crippen LogP contribution in [0.3, 0.4) is 0 Å². The third kappa shape index (κ3) is 3.05. The Labute approximate surface area is 149 Å². The molecule has 3 aliphatic rings. The van der Waals surface area contributed by atoms with Gasteiger partial charge in [0, 0.05) is 0 Å². The first-order chi connectivity index (χ1) is 12.0. The quantitative estimate of drug-likeness (QED) is 0.416. The number of hydrogen-bond acceptors (Lipinski definition) is 6. The molecule has 3 heterocycles. The zero-order valence-corrected chi connectivity index (χ0v) is 15.4. The van der Waals surface area contributed by atoms with Gasteiger partial charge in [-0.3, -0.25) is 0 Å². The van der Waals surface area contributed by atoms with Crippen molar-refractivity contribution < 1.29 is 37.6 Å². The normalized spacial score (nSPS) is 37.8. The molecule has 0 aliphatic carbocycles. The molecule has 4 rings (SSSR count). The molecule has 3 saturated heterocycles. The fourth-order valence-corrected chi connectivity index (χ4v) is 9.38. The number of hydrogen-bond donors (Lipinski definition) is 1. The molecule has 0 spiro atoms. The number of ether oxygens (including phenoxy) is 4. The summed E-state index contributed by atoms with van der Waals surface area (Å²) in [6, 6.07) is 3.12. The Morgan fingerprint density at radius 2 is 2.20 bits per heavy atom. The predicted molar refractivity (Wildman–Crippen MR) is 89.4 cm³/mol. The van der Waals surface area contributed by atoms with Crippen LogP contribution in [-0.4, -0.2) is 48.6 Å². The molecule has 3 fully saturated rings. The zero-order chi connectivity index (χ0) is 17.7. The Morgan fingerprint density at radius 3 is 2.92 bits per heavy atom. The Hall–Kier alpha value is -0.880. The van der Waals surface area contributed by atoms with Crippen molar-refractivity contribution in [1.82, 2.24) is 0 Å². The van der Waals surface area contributed by atoms with Crippen molar-refractivity contribution in [2.45, 2.75) is 39.6 Å². The average Bonchev–Trinajstić information content (AvgIpc) is 3.30. The maximum absolute atomic E-state index is 13.9. The molecule has 6 nitrogen and oxygen atoms in total. The van der Waals surface area contributed by atoms with Crippen molar-refractivity contribution in [3.8, 4) is 0 Å². The standard InChI is InChI=1S/C16H17F2IO6/c1-2-22-16(21)19-11-12(20)13-10(24-14(11)19)6-23-15(25-13)8-4-3-7(17)5-9(8)18/h3-5,10-15,20H,2,6H2,1H3/t10-,11-,12-,13-,14+,15?/m1/s1. The molecule has 6 atom stereocenters. The maximum atomic E-state index is 13.9. The van der Waals surface area contributed by atoms with E-state index in [1.165, 1.54) is 6.07 Å². The molecule has 0 aromatic heterocycles. The fourth-order valence-electron chi connectivity index (χ4n) is 3.15. The molecule has 1 unspecified atom stereocenters. The summed E-state index contributed by atoms with van der Waals surface area (Å²) in [6.07, 6.45) is -3.18. The van der Waals surface area contributed by atoms with Crippen LogP contribution in [0.15, 0.2) is 18.2 Å². The van der Waals surface area contributed by atoms with Gasteiger partial charge in [-0.05, 0) is 0 Å². The van der Waals surface area contributed by atoms with Crippen LogP contribution in [-0.2, 0) is 18.9 Å². The van der Waals surface area contributed by atoms with Crippen LogP contribution >= 0.6 is 19.8 Å². The van der Waals surface area contributed by atoms with E-state index < -0.39 is 56.1 Å². The summed E-state index contributed by atoms with van der Waals surface area (Å²) in [6.45, 7) is 2.12. The van der Waals surface area contributed by atoms with Crippen molar-refractivity contribution in [2.24, 2.45) is 0 Å². The number of benzene rings is 1. The summed E-state index contributed by atoms with van der Waals surface area (Å²) in [5.41, 5.74) is 0.0609. The van der Waals surface area contributed by atoms with Crippen molar-refractivity contribution in [1.29, 1.82) is 0 Å². The molecule has 3 aliphatic heterocycles. The summed E-state index contributed by atoms with van der Waals surface area (Å²) in [7, 11) is 0. The van der Waals surface area contributed by atoms with Gasteiger partial charge in [0.25, 0.3) is 0 Å². The van der Waals surface area contributed by atoms with E-state index >= 15 is 0 Å². The van der Waals surface area contributed by atoms with Crippen molar-refractivity contribution >= 4 is 23.8 Å². The first kappa shape index (κ1) is 17.5. The van der Waals surface area contributed by atoms with Crippen LogP contribution in [0.4, 0.5) is 13.6 Å². The summed E-state index contributed by atoms with van der Waals surface area (Å²) in [5, 5.41) is 10.6. The Bertz CT molecular complexity index is 689. The van der Waals surface area contributed by atoms with Crippen LogP contribution in [0.2, 0.25) is 0 Å². The van der Waals surface area contributed by atoms with E-state index in [4.69, 9.17) is 18.9 Å². The van der Waals surface area contributed by atoms with Gasteiger partial charge >= 0.3 is 150 Å². The monoisotopic (exact) mass is 470 g/mol. The minimum absolute atomic E-state index is 0.0609. The first-order valence-electron chi connectivity index (χ1n) is 7.90. The number of aliphatic hydroxyl groups is 1. The Kier molecular flexibility index (Phi) is 4.69. The number of carbonyl (C=O) groups is 1. The molecule has 1 aromatic carbocycles. The predicted octanol–water partition coefficient (Wildman–Crippen LogP) is 2.51. The molecule has 0 radical (unpaired) electrons. The molecule has 1 N–H and O–H groups in total. The number of fused-ring (bicyclic) bond motifs is 2. The van der Waals surface area contributed by atoms with E-state index in [1.807, 2.05) is 0 Å². The number of rotatable bonds is 3. The van der Waals surface area contributed by atoms with Gasteiger partial charge in [0.15, 0.2) is 0 Å². The summed E-state index contributed by atoms with van der Waals surface area (Å²) in [5.74, 6) is -1.47. The number of aliphatic hydroxyl groups excluding tert-OH is 1. The molecule has 9 heteroatoms. The number of halogens is 3. The van der Waals surface area contributed by atoms with Gasteiger partial charge < -0.3 is 0 Å². The molecule has 138 valence electrons. The molecule has 0 amide bonds. The second-order valence-electron chi connectivity index (χ2n) is 5.91. The summed E-state index contributed by atoms with van der Waals surface area (Å²) >= 11 is -2.23. The molecule has 0 bridgehead atoms. The van der Waals surface area contributed by atoms with Gasteiger partial charge in [-0.2, -0.15) is 0 Å². The third-order valence-electron chi connectivity index (χ3n) is 4.37. The average molecular weight is 470 g/mol. The minimum atomic E-state index is -2.23. The van der Waals surface area contributed by atoms with Crippen LogP contribution < -0.4 is 0 Å². The molecular formula is C16H17F2IO6. The van der Waals surface area contributed by atoms with Crippen LogP contribution in [0.1, 0.15) is 18.8 Å². The topological polar surface area (TPSA) is 74.2 Å². The molecule has 0 saturated carbocycles. The fraction of sp³-hybridized carbons (Fsp3) is 0.562. The van der Waals surface area contributed by atoms with E-state index in [0.29, 0.717) is 6.61 Å². The van der Waals surface area contributed by atoms with Gasteiger partial charge in [-0.25, -0.2) is 0 Å². The van der Waals surface area contributed by atoms with Gasteiger partial charge in [0.1, 0.15) is 0 Å². The summed E-state index contributed by atoms with van der Waals surface area (Å²) < 4.78 is 48.4.